The van der Waals surface area contributed by atoms with Crippen LogP contribution in [0.5, 0.6) is 0 Å². The zero-order valence-electron chi connectivity index (χ0n) is 18.2. The number of aliphatic hydroxyl groups excluding tert-OH is 3. The number of nitrogens with zero attached hydrogens (tertiary/aromatic N) is 1. The number of anilines is 1. The maximum Gasteiger partial charge on any atom is 0.224 e. The molecule has 1 aromatic heterocycles. The van der Waals surface area contributed by atoms with Crippen molar-refractivity contribution >= 4 is 22.5 Å². The van der Waals surface area contributed by atoms with Gasteiger partial charge in [0.15, 0.2) is 0 Å². The summed E-state index contributed by atoms with van der Waals surface area (Å²) >= 11 is 0. The van der Waals surface area contributed by atoms with Gasteiger partial charge < -0.3 is 25.2 Å². The first kappa shape index (κ1) is 26.0. The van der Waals surface area contributed by atoms with E-state index in [-0.39, 0.29) is 11.7 Å². The molecule has 2 aromatic rings. The first-order chi connectivity index (χ1) is 13.8. The molecule has 0 aliphatic heterocycles. The number of carbonyl (C=O) groups is 1. The lowest BCUT2D eigenvalue weighted by Crippen LogP contribution is -2.10. The molecule has 0 saturated heterocycles. The summed E-state index contributed by atoms with van der Waals surface area (Å²) in [5, 5.41) is 28.3. The Kier molecular flexibility index (Phi) is 12.6. The van der Waals surface area contributed by atoms with Gasteiger partial charge in [-0.15, -0.1) is 0 Å². The molecule has 0 fully saturated rings. The van der Waals surface area contributed by atoms with Crippen molar-refractivity contribution in [3.63, 3.8) is 0 Å². The minimum atomic E-state index is 0.0837. The average molecular weight is 403 g/mol. The predicted octanol–water partition coefficient (Wildman–Crippen LogP) is 5.30. The molecular weight excluding hydrogens is 368 g/mol. The van der Waals surface area contributed by atoms with E-state index in [2.05, 4.69) is 23.0 Å². The molecule has 0 saturated carbocycles. The summed E-state index contributed by atoms with van der Waals surface area (Å²) in [6.07, 6.45) is 8.96. The first-order valence-corrected chi connectivity index (χ1v) is 9.44. The van der Waals surface area contributed by atoms with E-state index in [4.69, 9.17) is 15.3 Å². The number of aromatic nitrogens is 1. The van der Waals surface area contributed by atoms with Crippen LogP contribution in [0.3, 0.4) is 0 Å². The fourth-order valence-electron chi connectivity index (χ4n) is 2.48. The van der Waals surface area contributed by atoms with E-state index in [1.807, 2.05) is 46.0 Å². The van der Waals surface area contributed by atoms with Gasteiger partial charge in [-0.25, -0.2) is 0 Å². The van der Waals surface area contributed by atoms with Gasteiger partial charge in [0, 0.05) is 43.4 Å². The Balaban J connectivity index is 0.000000563. The van der Waals surface area contributed by atoms with Gasteiger partial charge in [-0.1, -0.05) is 13.0 Å². The van der Waals surface area contributed by atoms with E-state index in [0.29, 0.717) is 6.42 Å². The van der Waals surface area contributed by atoms with Gasteiger partial charge in [0.25, 0.3) is 0 Å². The van der Waals surface area contributed by atoms with E-state index >= 15 is 0 Å². The Morgan fingerprint density at radius 2 is 1.86 bits per heavy atom. The highest BCUT2D eigenvalue weighted by Gasteiger charge is 2.05. The summed E-state index contributed by atoms with van der Waals surface area (Å²) in [4.78, 5) is 11.5. The Morgan fingerprint density at radius 3 is 2.41 bits per heavy atom. The predicted molar refractivity (Wildman–Crippen MR) is 121 cm³/mol. The quantitative estimate of drug-likeness (QED) is 0.403. The highest BCUT2D eigenvalue weighted by molar-refractivity contribution is 5.94. The third-order valence-corrected chi connectivity index (χ3v) is 3.91. The van der Waals surface area contributed by atoms with Gasteiger partial charge in [-0.3, -0.25) is 4.79 Å². The number of amides is 1. The van der Waals surface area contributed by atoms with Crippen molar-refractivity contribution in [1.82, 2.24) is 4.57 Å². The standard InChI is InChI=1S/C14H18N2O.C8H12O2.CH4O/c1-4-5-14(17)15-11-6-7-13-12(8-11)10(2)9-16(13)3;1-7(2)8(10)5-3-4-6-9;1-2/h6-9H,4-5H2,1-3H3,(H,15,17);3-6,9-10H,1-2H3;2H,1H3/b;5-3-,6-4+;. The maximum atomic E-state index is 11.5. The highest BCUT2D eigenvalue weighted by atomic mass is 16.3. The number of carbonyl (C=O) groups excluding carboxylic acids is 1. The van der Waals surface area contributed by atoms with Crippen molar-refractivity contribution in [3.8, 4) is 0 Å². The van der Waals surface area contributed by atoms with Crippen molar-refractivity contribution in [3.05, 3.63) is 65.8 Å². The van der Waals surface area contributed by atoms with Crippen LogP contribution >= 0.6 is 0 Å². The van der Waals surface area contributed by atoms with E-state index in [1.54, 1.807) is 6.08 Å². The molecule has 0 aliphatic rings. The third kappa shape index (κ3) is 9.17. The molecule has 29 heavy (non-hydrogen) atoms. The normalized spacial score (nSPS) is 10.3. The molecule has 1 amide bonds. The number of nitrogens with one attached hydrogen (secondary N) is 1. The van der Waals surface area contributed by atoms with Crippen molar-refractivity contribution in [1.29, 1.82) is 0 Å². The zero-order chi connectivity index (χ0) is 22.4. The van der Waals surface area contributed by atoms with E-state index in [9.17, 15) is 4.79 Å². The number of allylic oxidation sites excluding steroid dienone is 4. The second kappa shape index (κ2) is 14.1. The molecule has 0 radical (unpaired) electrons. The van der Waals surface area contributed by atoms with Crippen LogP contribution in [-0.4, -0.2) is 32.9 Å². The number of hydrogen-bond acceptors (Lipinski definition) is 4. The summed E-state index contributed by atoms with van der Waals surface area (Å²) in [5.41, 5.74) is 4.15. The van der Waals surface area contributed by atoms with Crippen LogP contribution < -0.4 is 5.32 Å². The van der Waals surface area contributed by atoms with Crippen LogP contribution in [0.2, 0.25) is 0 Å². The van der Waals surface area contributed by atoms with Crippen LogP contribution in [0.25, 0.3) is 10.9 Å². The zero-order valence-corrected chi connectivity index (χ0v) is 18.2. The van der Waals surface area contributed by atoms with Gasteiger partial charge in [-0.2, -0.15) is 0 Å². The fraction of sp³-hybridized carbons (Fsp3) is 0.348. The van der Waals surface area contributed by atoms with Crippen molar-refractivity contribution in [2.45, 2.75) is 40.5 Å². The molecular formula is C23H34N2O4. The van der Waals surface area contributed by atoms with Crippen LogP contribution in [0.1, 0.15) is 39.2 Å². The third-order valence-electron chi connectivity index (χ3n) is 3.91. The second-order valence-electron chi connectivity index (χ2n) is 6.54. The van der Waals surface area contributed by atoms with Crippen molar-refractivity contribution in [2.24, 2.45) is 7.05 Å². The van der Waals surface area contributed by atoms with Crippen molar-refractivity contribution in [2.75, 3.05) is 12.4 Å². The number of aryl methyl sites for hydroxylation is 2. The smallest absolute Gasteiger partial charge is 0.224 e. The molecule has 0 spiro atoms. The van der Waals surface area contributed by atoms with Crippen LogP contribution in [-0.2, 0) is 11.8 Å². The number of benzene rings is 1. The second-order valence-corrected chi connectivity index (χ2v) is 6.54. The molecule has 0 bridgehead atoms. The monoisotopic (exact) mass is 402 g/mol. The minimum Gasteiger partial charge on any atom is -0.516 e. The van der Waals surface area contributed by atoms with Crippen molar-refractivity contribution < 1.29 is 20.1 Å². The molecule has 0 atom stereocenters. The Morgan fingerprint density at radius 1 is 1.21 bits per heavy atom. The SMILES string of the molecule is CC(C)=C(O)/C=C\C=C\O.CCCC(=O)Nc1ccc2c(c1)c(C)cn2C.CO. The largest absolute Gasteiger partial charge is 0.516 e. The highest BCUT2D eigenvalue weighted by Crippen LogP contribution is 2.23. The van der Waals surface area contributed by atoms with E-state index < -0.39 is 0 Å². The molecule has 2 rings (SSSR count). The minimum absolute atomic E-state index is 0.0837. The van der Waals surface area contributed by atoms with Gasteiger partial charge in [0.05, 0.1) is 6.26 Å². The number of rotatable bonds is 5. The molecule has 1 aromatic carbocycles. The lowest BCUT2D eigenvalue weighted by Gasteiger charge is -2.05. The molecule has 0 aliphatic carbocycles. The molecule has 6 heteroatoms. The van der Waals surface area contributed by atoms with Crippen LogP contribution in [0, 0.1) is 6.92 Å². The molecule has 6 nitrogen and oxygen atoms in total. The summed E-state index contributed by atoms with van der Waals surface area (Å²) in [6.45, 7) is 7.70. The summed E-state index contributed by atoms with van der Waals surface area (Å²) in [7, 11) is 3.03. The molecule has 0 unspecified atom stereocenters. The first-order valence-electron chi connectivity index (χ1n) is 9.44. The Labute approximate surface area is 173 Å². The van der Waals surface area contributed by atoms with Crippen LogP contribution in [0.15, 0.2) is 60.2 Å². The molecule has 160 valence electrons. The summed E-state index contributed by atoms with van der Waals surface area (Å²) in [6, 6.07) is 6.04. The Bertz CT molecular complexity index is 857. The lowest BCUT2D eigenvalue weighted by atomic mass is 10.1. The Hall–Kier alpha value is -2.99. The van der Waals surface area contributed by atoms with Gasteiger partial charge in [0.2, 0.25) is 5.91 Å². The number of fused-ring (bicyclic) bond motifs is 1. The summed E-state index contributed by atoms with van der Waals surface area (Å²) < 4.78 is 2.10. The topological polar surface area (TPSA) is 94.7 Å². The van der Waals surface area contributed by atoms with Gasteiger partial charge in [-0.05, 0) is 68.7 Å². The maximum absolute atomic E-state index is 11.5. The molecule has 1 heterocycles. The fourth-order valence-corrected chi connectivity index (χ4v) is 2.48. The number of aliphatic hydroxyl groups is 3. The average Bonchev–Trinajstić information content (AvgIpc) is 2.97. The van der Waals surface area contributed by atoms with Crippen LogP contribution in [0.4, 0.5) is 5.69 Å². The molecule has 4 N–H and O–H groups in total. The van der Waals surface area contributed by atoms with Gasteiger partial charge >= 0.3 is 0 Å². The van der Waals surface area contributed by atoms with E-state index in [1.165, 1.54) is 28.6 Å². The summed E-state index contributed by atoms with van der Waals surface area (Å²) in [5.74, 6) is 0.318. The lowest BCUT2D eigenvalue weighted by molar-refractivity contribution is -0.116. The van der Waals surface area contributed by atoms with Gasteiger partial charge in [0.1, 0.15) is 5.76 Å². The van der Waals surface area contributed by atoms with E-state index in [0.717, 1.165) is 31.1 Å². The number of hydrogen-bond donors (Lipinski definition) is 4.